The normalized spacial score (nSPS) is 11.2. The van der Waals surface area contributed by atoms with E-state index >= 15 is 0 Å². The maximum atomic E-state index is 5.55. The van der Waals surface area contributed by atoms with E-state index in [2.05, 4.69) is 49.4 Å². The first kappa shape index (κ1) is 14.5. The minimum Gasteiger partial charge on any atom is -0.336 e. The van der Waals surface area contributed by atoms with Gasteiger partial charge in [0.2, 0.25) is 0 Å². The minimum atomic E-state index is 0.830. The van der Waals surface area contributed by atoms with Gasteiger partial charge in [-0.15, -0.1) is 0 Å². The maximum Gasteiger partial charge on any atom is 0.106 e. The van der Waals surface area contributed by atoms with Crippen LogP contribution in [0.15, 0.2) is 66.7 Å². The van der Waals surface area contributed by atoms with Crippen molar-refractivity contribution >= 4 is 28.5 Å². The van der Waals surface area contributed by atoms with Crippen molar-refractivity contribution in [3.63, 3.8) is 0 Å². The summed E-state index contributed by atoms with van der Waals surface area (Å²) >= 11 is 5.55. The molecule has 0 radical (unpaired) electrons. The van der Waals surface area contributed by atoms with Gasteiger partial charge in [0.05, 0.1) is 0 Å². The highest BCUT2D eigenvalue weighted by molar-refractivity contribution is 7.81. The van der Waals surface area contributed by atoms with Crippen molar-refractivity contribution < 1.29 is 0 Å². The number of hydrogen-bond acceptors (Lipinski definition) is 1. The zero-order chi connectivity index (χ0) is 14.4. The van der Waals surface area contributed by atoms with E-state index in [1.54, 1.807) is 0 Å². The summed E-state index contributed by atoms with van der Waals surface area (Å²) in [5.41, 5.74) is 3.61. The Bertz CT molecular complexity index is 587. The molecule has 0 saturated heterocycles. The number of nitrogens with zero attached hydrogens (tertiary/aromatic N) is 1. The molecule has 0 amide bonds. The van der Waals surface area contributed by atoms with E-state index in [0.29, 0.717) is 0 Å². The second-order valence-electron chi connectivity index (χ2n) is 4.62. The van der Waals surface area contributed by atoms with Crippen LogP contribution in [0.25, 0.3) is 5.57 Å². The average Bonchev–Trinajstić information content (AvgIpc) is 2.53. The lowest BCUT2D eigenvalue weighted by Crippen LogP contribution is -2.22. The van der Waals surface area contributed by atoms with E-state index in [1.165, 1.54) is 11.1 Å². The maximum absolute atomic E-state index is 5.55. The van der Waals surface area contributed by atoms with Gasteiger partial charge in [0.25, 0.3) is 0 Å². The van der Waals surface area contributed by atoms with Crippen LogP contribution in [0.2, 0.25) is 0 Å². The first-order valence-corrected chi connectivity index (χ1v) is 7.22. The second kappa shape index (κ2) is 7.01. The van der Waals surface area contributed by atoms with Crippen LogP contribution in [0.1, 0.15) is 18.9 Å². The molecule has 2 aromatic carbocycles. The van der Waals surface area contributed by atoms with Gasteiger partial charge in [-0.25, -0.2) is 0 Å². The van der Waals surface area contributed by atoms with Crippen molar-refractivity contribution in [2.45, 2.75) is 13.3 Å². The molecule has 0 spiro atoms. The topological polar surface area (TPSA) is 3.24 Å². The molecular formula is C18H19NS. The number of likely N-dealkylation sites (N-methyl/N-ethyl adjacent to an activating group) is 1. The van der Waals surface area contributed by atoms with Gasteiger partial charge in [-0.2, -0.15) is 0 Å². The van der Waals surface area contributed by atoms with Gasteiger partial charge >= 0.3 is 0 Å². The number of thiocarbonyl (C=S) groups is 1. The molecule has 0 bridgehead atoms. The predicted octanol–water partition coefficient (Wildman–Crippen LogP) is 4.94. The first-order chi connectivity index (χ1) is 9.72. The number of allylic oxidation sites excluding steroid dienone is 1. The lowest BCUT2D eigenvalue weighted by Gasteiger charge is -2.19. The summed E-state index contributed by atoms with van der Waals surface area (Å²) in [7, 11) is 2.01. The third-order valence-electron chi connectivity index (χ3n) is 3.30. The van der Waals surface area contributed by atoms with Crippen LogP contribution in [0.3, 0.4) is 0 Å². The first-order valence-electron chi connectivity index (χ1n) is 6.81. The number of hydrogen-bond donors (Lipinski definition) is 0. The summed E-state index contributed by atoms with van der Waals surface area (Å²) in [5, 5.41) is 0. The predicted molar refractivity (Wildman–Crippen MR) is 92.2 cm³/mol. The molecule has 0 N–H and O–H groups in total. The molecule has 0 fully saturated rings. The molecule has 0 aliphatic carbocycles. The highest BCUT2D eigenvalue weighted by Gasteiger charge is 2.06. The molecule has 1 nitrogen and oxygen atoms in total. The quantitative estimate of drug-likeness (QED) is 0.576. The Balaban J connectivity index is 2.22. The highest BCUT2D eigenvalue weighted by atomic mass is 32.1. The fourth-order valence-electron chi connectivity index (χ4n) is 2.07. The molecule has 0 aliphatic rings. The largest absolute Gasteiger partial charge is 0.336 e. The molecule has 0 saturated carbocycles. The lowest BCUT2D eigenvalue weighted by molar-refractivity contribution is 1.23. The Morgan fingerprint density at radius 2 is 1.55 bits per heavy atom. The van der Waals surface area contributed by atoms with Crippen molar-refractivity contribution in [2.24, 2.45) is 0 Å². The number of anilines is 1. The number of rotatable bonds is 4. The molecule has 2 rings (SSSR count). The van der Waals surface area contributed by atoms with E-state index in [9.17, 15) is 0 Å². The minimum absolute atomic E-state index is 0.830. The monoisotopic (exact) mass is 281 g/mol. The SMILES string of the molecule is CC/C(=C\C(=S)N(C)c1ccccc1)c1ccccc1. The van der Waals surface area contributed by atoms with Crippen molar-refractivity contribution in [3.8, 4) is 0 Å². The standard InChI is InChI=1S/C18H19NS/c1-3-15(16-10-6-4-7-11-16)14-18(20)19(2)17-12-8-5-9-13-17/h4-14H,3H2,1-2H3/b15-14+. The average molecular weight is 281 g/mol. The van der Waals surface area contributed by atoms with Gasteiger partial charge < -0.3 is 4.90 Å². The summed E-state index contributed by atoms with van der Waals surface area (Å²) in [6, 6.07) is 20.6. The van der Waals surface area contributed by atoms with Crippen molar-refractivity contribution in [1.82, 2.24) is 0 Å². The molecule has 0 unspecified atom stereocenters. The molecular weight excluding hydrogens is 262 g/mol. The molecule has 2 heteroatoms. The number of benzene rings is 2. The molecule has 2 aromatic rings. The summed E-state index contributed by atoms with van der Waals surface area (Å²) in [6.07, 6.45) is 3.06. The molecule has 20 heavy (non-hydrogen) atoms. The fraction of sp³-hybridized carbons (Fsp3) is 0.167. The summed E-state index contributed by atoms with van der Waals surface area (Å²) < 4.78 is 0. The van der Waals surface area contributed by atoms with Crippen molar-refractivity contribution in [3.05, 3.63) is 72.3 Å². The van der Waals surface area contributed by atoms with Crippen LogP contribution in [0.4, 0.5) is 5.69 Å². The second-order valence-corrected chi connectivity index (χ2v) is 5.04. The Morgan fingerprint density at radius 3 is 2.10 bits per heavy atom. The van der Waals surface area contributed by atoms with Gasteiger partial charge in [0.15, 0.2) is 0 Å². The van der Waals surface area contributed by atoms with Crippen molar-refractivity contribution in [1.29, 1.82) is 0 Å². The van der Waals surface area contributed by atoms with Crippen LogP contribution in [0.5, 0.6) is 0 Å². The van der Waals surface area contributed by atoms with Gasteiger partial charge in [-0.3, -0.25) is 0 Å². The zero-order valence-corrected chi connectivity index (χ0v) is 12.7. The van der Waals surface area contributed by atoms with E-state index in [-0.39, 0.29) is 0 Å². The van der Waals surface area contributed by atoms with Gasteiger partial charge in [-0.1, -0.05) is 67.7 Å². The van der Waals surface area contributed by atoms with Crippen LogP contribution >= 0.6 is 12.2 Å². The number of para-hydroxylation sites is 1. The molecule has 0 aromatic heterocycles. The Labute approximate surface area is 126 Å². The van der Waals surface area contributed by atoms with Crippen molar-refractivity contribution in [2.75, 3.05) is 11.9 Å². The highest BCUT2D eigenvalue weighted by Crippen LogP contribution is 2.20. The Morgan fingerprint density at radius 1 is 1.00 bits per heavy atom. The smallest absolute Gasteiger partial charge is 0.106 e. The summed E-state index contributed by atoms with van der Waals surface area (Å²) in [5.74, 6) is 0. The summed E-state index contributed by atoms with van der Waals surface area (Å²) in [6.45, 7) is 2.16. The van der Waals surface area contributed by atoms with Gasteiger partial charge in [0.1, 0.15) is 4.99 Å². The molecule has 0 heterocycles. The van der Waals surface area contributed by atoms with E-state index in [4.69, 9.17) is 12.2 Å². The molecule has 102 valence electrons. The third-order valence-corrected chi connectivity index (χ3v) is 3.69. The zero-order valence-electron chi connectivity index (χ0n) is 11.9. The van der Waals surface area contributed by atoms with E-state index in [1.807, 2.05) is 36.2 Å². The Kier molecular flexibility index (Phi) is 5.08. The third kappa shape index (κ3) is 3.55. The van der Waals surface area contributed by atoms with Gasteiger partial charge in [-0.05, 0) is 35.8 Å². The van der Waals surface area contributed by atoms with E-state index in [0.717, 1.165) is 17.1 Å². The van der Waals surface area contributed by atoms with Gasteiger partial charge in [0, 0.05) is 12.7 Å². The van der Waals surface area contributed by atoms with E-state index < -0.39 is 0 Å². The molecule has 0 atom stereocenters. The van der Waals surface area contributed by atoms with Crippen LogP contribution in [-0.4, -0.2) is 12.0 Å². The van der Waals surface area contributed by atoms with Crippen LogP contribution in [0, 0.1) is 0 Å². The van der Waals surface area contributed by atoms with Crippen LogP contribution < -0.4 is 4.90 Å². The fourth-order valence-corrected chi connectivity index (χ4v) is 2.31. The Hall–Kier alpha value is -1.93. The summed E-state index contributed by atoms with van der Waals surface area (Å²) in [4.78, 5) is 2.87. The van der Waals surface area contributed by atoms with Crippen LogP contribution in [-0.2, 0) is 0 Å². The lowest BCUT2D eigenvalue weighted by atomic mass is 10.0. The molecule has 0 aliphatic heterocycles.